The number of rotatable bonds is 3. The minimum absolute atomic E-state index is 0.0628. The summed E-state index contributed by atoms with van der Waals surface area (Å²) in [4.78, 5) is 37.7. The summed E-state index contributed by atoms with van der Waals surface area (Å²) in [7, 11) is 1.59. The molecule has 11 nitrogen and oxygen atoms in total. The largest absolute Gasteiger partial charge is 0.444 e. The zero-order valence-corrected chi connectivity index (χ0v) is 19.4. The highest BCUT2D eigenvalue weighted by atomic mass is 16.6. The number of nitrogens with zero attached hydrogens (tertiary/aromatic N) is 5. The number of ether oxygens (including phenoxy) is 1. The van der Waals surface area contributed by atoms with Crippen LogP contribution in [0.4, 0.5) is 10.6 Å². The van der Waals surface area contributed by atoms with Crippen molar-refractivity contribution in [2.24, 2.45) is 0 Å². The molecule has 0 unspecified atom stereocenters. The Kier molecular flexibility index (Phi) is 4.92. The summed E-state index contributed by atoms with van der Waals surface area (Å²) >= 11 is 0. The molecule has 1 aliphatic heterocycles. The smallest absolute Gasteiger partial charge is 0.410 e. The zero-order valence-electron chi connectivity index (χ0n) is 19.4. The van der Waals surface area contributed by atoms with Crippen LogP contribution >= 0.6 is 0 Å². The van der Waals surface area contributed by atoms with E-state index in [1.165, 1.54) is 6.33 Å². The lowest BCUT2D eigenvalue weighted by Crippen LogP contribution is -2.52. The number of carbonyl (C=O) groups excluding carboxylic acids is 2. The summed E-state index contributed by atoms with van der Waals surface area (Å²) in [6, 6.07) is 7.51. The van der Waals surface area contributed by atoms with Gasteiger partial charge in [0.05, 0.1) is 11.4 Å². The summed E-state index contributed by atoms with van der Waals surface area (Å²) in [5, 5.41) is 9.01. The van der Waals surface area contributed by atoms with E-state index in [2.05, 4.69) is 20.3 Å². The van der Waals surface area contributed by atoms with Crippen LogP contribution in [0.15, 0.2) is 30.6 Å². The van der Waals surface area contributed by atoms with Crippen LogP contribution in [-0.2, 0) is 4.74 Å². The van der Waals surface area contributed by atoms with Crippen LogP contribution in [0.2, 0.25) is 0 Å². The van der Waals surface area contributed by atoms with Crippen LogP contribution in [0, 0.1) is 0 Å². The van der Waals surface area contributed by atoms with Crippen LogP contribution in [0.5, 0.6) is 0 Å². The molecule has 11 heteroatoms. The number of aromatic amines is 1. The van der Waals surface area contributed by atoms with Crippen LogP contribution < -0.4 is 11.1 Å². The maximum atomic E-state index is 12.4. The third-order valence-corrected chi connectivity index (χ3v) is 5.75. The van der Waals surface area contributed by atoms with E-state index in [4.69, 9.17) is 15.6 Å². The molecule has 5 rings (SSSR count). The standard InChI is InChI=1S/C23H26N8O3/c1-23(2,3)34-22(33)30-9-14(10-30)31-20-17(19(24)26-11-27-20)18(29-31)13-6-5-12-7-16(21(32)25-4)28-15(12)8-13/h5-8,11,14,28H,9-10H2,1-4H3,(H,25,32)(H2,24,26,27). The number of nitrogen functional groups attached to an aromatic ring is 1. The maximum Gasteiger partial charge on any atom is 0.410 e. The van der Waals surface area contributed by atoms with Gasteiger partial charge in [-0.3, -0.25) is 4.79 Å². The molecule has 0 saturated carbocycles. The van der Waals surface area contributed by atoms with Crippen molar-refractivity contribution in [3.8, 4) is 11.3 Å². The summed E-state index contributed by atoms with van der Waals surface area (Å²) in [6.45, 7) is 6.44. The van der Waals surface area contributed by atoms with E-state index in [0.717, 1.165) is 16.5 Å². The fourth-order valence-electron chi connectivity index (χ4n) is 4.07. The Morgan fingerprint density at radius 2 is 1.97 bits per heavy atom. The van der Waals surface area contributed by atoms with Gasteiger partial charge in [0.15, 0.2) is 5.65 Å². The molecular weight excluding hydrogens is 436 g/mol. The molecule has 4 N–H and O–H groups in total. The molecule has 3 aromatic heterocycles. The number of hydrogen-bond acceptors (Lipinski definition) is 7. The van der Waals surface area contributed by atoms with Gasteiger partial charge in [0.25, 0.3) is 5.91 Å². The Morgan fingerprint density at radius 1 is 1.21 bits per heavy atom. The molecule has 0 aliphatic carbocycles. The molecule has 34 heavy (non-hydrogen) atoms. The Bertz CT molecular complexity index is 1430. The zero-order chi connectivity index (χ0) is 24.2. The number of nitrogens with one attached hydrogen (secondary N) is 2. The van der Waals surface area contributed by atoms with Crippen molar-refractivity contribution < 1.29 is 14.3 Å². The summed E-state index contributed by atoms with van der Waals surface area (Å²) < 4.78 is 7.26. The van der Waals surface area contributed by atoms with Crippen LogP contribution in [0.1, 0.15) is 37.3 Å². The van der Waals surface area contributed by atoms with Crippen LogP contribution in [-0.4, -0.2) is 67.4 Å². The molecule has 1 aliphatic rings. The minimum atomic E-state index is -0.552. The average Bonchev–Trinajstić information content (AvgIpc) is 3.33. The number of aromatic nitrogens is 5. The topological polar surface area (TPSA) is 144 Å². The van der Waals surface area contributed by atoms with Gasteiger partial charge in [-0.05, 0) is 32.9 Å². The first-order chi connectivity index (χ1) is 16.1. The summed E-state index contributed by atoms with van der Waals surface area (Å²) in [5.41, 5.74) is 9.02. The van der Waals surface area contributed by atoms with E-state index >= 15 is 0 Å². The second-order valence-electron chi connectivity index (χ2n) is 9.35. The molecular formula is C23H26N8O3. The minimum Gasteiger partial charge on any atom is -0.444 e. The van der Waals surface area contributed by atoms with Gasteiger partial charge >= 0.3 is 6.09 Å². The number of likely N-dealkylation sites (tertiary alicyclic amines) is 1. The van der Waals surface area contributed by atoms with Crippen LogP contribution in [0.3, 0.4) is 0 Å². The molecule has 4 aromatic rings. The first-order valence-electron chi connectivity index (χ1n) is 11.0. The second kappa shape index (κ2) is 7.72. The number of fused-ring (bicyclic) bond motifs is 2. The molecule has 1 saturated heterocycles. The molecule has 2 amide bonds. The normalized spacial score (nSPS) is 14.4. The highest BCUT2D eigenvalue weighted by Gasteiger charge is 2.37. The van der Waals surface area contributed by atoms with Gasteiger partial charge in [0.2, 0.25) is 0 Å². The third-order valence-electron chi connectivity index (χ3n) is 5.75. The number of benzene rings is 1. The number of carbonyl (C=O) groups is 2. The van der Waals surface area contributed by atoms with Crippen LogP contribution in [0.25, 0.3) is 33.2 Å². The Morgan fingerprint density at radius 3 is 2.68 bits per heavy atom. The molecule has 0 atom stereocenters. The predicted molar refractivity (Wildman–Crippen MR) is 127 cm³/mol. The second-order valence-corrected chi connectivity index (χ2v) is 9.35. The van der Waals surface area contributed by atoms with Gasteiger partial charge in [-0.25, -0.2) is 19.4 Å². The van der Waals surface area contributed by atoms with E-state index in [0.29, 0.717) is 41.3 Å². The summed E-state index contributed by atoms with van der Waals surface area (Å²) in [6.07, 6.45) is 1.06. The Labute approximate surface area is 195 Å². The highest BCUT2D eigenvalue weighted by Crippen LogP contribution is 2.35. The number of nitrogens with two attached hydrogens (primary N) is 1. The molecule has 4 heterocycles. The maximum absolute atomic E-state index is 12.4. The molecule has 0 spiro atoms. The molecule has 1 aromatic carbocycles. The Hall–Kier alpha value is -4.15. The van der Waals surface area contributed by atoms with Gasteiger partial charge in [0, 0.05) is 36.6 Å². The summed E-state index contributed by atoms with van der Waals surface area (Å²) in [5.74, 6) is 0.136. The first-order valence-corrected chi connectivity index (χ1v) is 11.0. The predicted octanol–water partition coefficient (Wildman–Crippen LogP) is 2.71. The lowest BCUT2D eigenvalue weighted by atomic mass is 10.1. The quantitative estimate of drug-likeness (QED) is 0.424. The number of anilines is 1. The monoisotopic (exact) mass is 462 g/mol. The molecule has 0 bridgehead atoms. The van der Waals surface area contributed by atoms with E-state index in [1.54, 1.807) is 22.7 Å². The fraction of sp³-hybridized carbons (Fsp3) is 0.348. The van der Waals surface area contributed by atoms with Gasteiger partial charge in [-0.15, -0.1) is 0 Å². The fourth-order valence-corrected chi connectivity index (χ4v) is 4.07. The van der Waals surface area contributed by atoms with Crippen molar-refractivity contribution in [3.05, 3.63) is 36.3 Å². The van der Waals surface area contributed by atoms with Gasteiger partial charge < -0.3 is 25.7 Å². The van der Waals surface area contributed by atoms with Gasteiger partial charge in [0.1, 0.15) is 29.1 Å². The van der Waals surface area contributed by atoms with E-state index in [1.807, 2.05) is 39.0 Å². The van der Waals surface area contributed by atoms with Crippen molar-refractivity contribution in [1.82, 2.24) is 34.9 Å². The van der Waals surface area contributed by atoms with E-state index < -0.39 is 5.60 Å². The molecule has 0 radical (unpaired) electrons. The van der Waals surface area contributed by atoms with Gasteiger partial charge in [-0.1, -0.05) is 12.1 Å². The van der Waals surface area contributed by atoms with Crippen molar-refractivity contribution in [1.29, 1.82) is 0 Å². The number of amides is 2. The van der Waals surface area contributed by atoms with Crippen molar-refractivity contribution in [3.63, 3.8) is 0 Å². The third kappa shape index (κ3) is 3.68. The van der Waals surface area contributed by atoms with Crippen molar-refractivity contribution in [2.45, 2.75) is 32.4 Å². The lowest BCUT2D eigenvalue weighted by molar-refractivity contribution is 0.000108. The molecule has 1 fully saturated rings. The SMILES string of the molecule is CNC(=O)c1cc2ccc(-c3nn(C4CN(C(=O)OC(C)(C)C)C4)c4ncnc(N)c34)cc2[nH]1. The van der Waals surface area contributed by atoms with Crippen molar-refractivity contribution >= 4 is 39.8 Å². The molecule has 176 valence electrons. The number of hydrogen-bond donors (Lipinski definition) is 3. The highest BCUT2D eigenvalue weighted by molar-refractivity contribution is 6.02. The van der Waals surface area contributed by atoms with Gasteiger partial charge in [-0.2, -0.15) is 5.10 Å². The Balaban J connectivity index is 1.50. The van der Waals surface area contributed by atoms with Crippen molar-refractivity contribution in [2.75, 3.05) is 25.9 Å². The average molecular weight is 463 g/mol. The van der Waals surface area contributed by atoms with E-state index in [-0.39, 0.29) is 18.0 Å². The number of H-pyrrole nitrogens is 1. The lowest BCUT2D eigenvalue weighted by Gasteiger charge is -2.39. The first kappa shape index (κ1) is 21.7. The van der Waals surface area contributed by atoms with E-state index in [9.17, 15) is 9.59 Å².